The zero-order chi connectivity index (χ0) is 18.8. The van der Waals surface area contributed by atoms with E-state index < -0.39 is 0 Å². The van der Waals surface area contributed by atoms with Gasteiger partial charge in [0.05, 0.1) is 24.3 Å². The van der Waals surface area contributed by atoms with Crippen LogP contribution in [0, 0.1) is 6.92 Å². The molecule has 0 fully saturated rings. The molecule has 0 unspecified atom stereocenters. The van der Waals surface area contributed by atoms with Crippen LogP contribution < -0.4 is 0 Å². The van der Waals surface area contributed by atoms with Crippen LogP contribution in [0.2, 0.25) is 0 Å². The molecule has 0 spiro atoms. The molecule has 0 atom stereocenters. The summed E-state index contributed by atoms with van der Waals surface area (Å²) in [7, 11) is 1.38. The molecule has 5 heteroatoms. The van der Waals surface area contributed by atoms with Gasteiger partial charge in [0.15, 0.2) is 0 Å². The fourth-order valence-corrected chi connectivity index (χ4v) is 3.50. The van der Waals surface area contributed by atoms with Crippen molar-refractivity contribution in [1.82, 2.24) is 4.57 Å². The van der Waals surface area contributed by atoms with Crippen molar-refractivity contribution in [3.8, 4) is 5.75 Å². The normalized spacial score (nSPS) is 11.6. The number of benzene rings is 2. The van der Waals surface area contributed by atoms with Gasteiger partial charge in [0, 0.05) is 35.0 Å². The van der Waals surface area contributed by atoms with Crippen molar-refractivity contribution >= 4 is 27.6 Å². The fourth-order valence-electron chi connectivity index (χ4n) is 3.50. The maximum absolute atomic E-state index is 12.4. The van der Waals surface area contributed by atoms with E-state index in [-0.39, 0.29) is 17.8 Å². The Morgan fingerprint density at radius 1 is 1.19 bits per heavy atom. The van der Waals surface area contributed by atoms with Crippen LogP contribution in [0.15, 0.2) is 30.3 Å². The van der Waals surface area contributed by atoms with E-state index >= 15 is 0 Å². The SMILES string of the molecule is COC(=O)c1c(C)n(CCCOC(C)C)c2c1cc(O)c1ccccc12. The number of ether oxygens (including phenoxy) is 2. The first kappa shape index (κ1) is 18.3. The van der Waals surface area contributed by atoms with Gasteiger partial charge in [0.2, 0.25) is 0 Å². The van der Waals surface area contributed by atoms with Crippen LogP contribution in [0.5, 0.6) is 5.75 Å². The van der Waals surface area contributed by atoms with Gasteiger partial charge in [-0.3, -0.25) is 0 Å². The molecule has 0 aliphatic carbocycles. The van der Waals surface area contributed by atoms with Crippen molar-refractivity contribution in [2.24, 2.45) is 0 Å². The van der Waals surface area contributed by atoms with E-state index in [9.17, 15) is 9.90 Å². The number of phenolic OH excluding ortho intramolecular Hbond substituents is 1. The first-order valence-electron chi connectivity index (χ1n) is 8.89. The van der Waals surface area contributed by atoms with E-state index in [1.165, 1.54) is 7.11 Å². The summed E-state index contributed by atoms with van der Waals surface area (Å²) in [6, 6.07) is 9.35. The van der Waals surface area contributed by atoms with Crippen molar-refractivity contribution in [2.75, 3.05) is 13.7 Å². The highest BCUT2D eigenvalue weighted by Gasteiger charge is 2.23. The van der Waals surface area contributed by atoms with Gasteiger partial charge in [-0.1, -0.05) is 24.3 Å². The highest BCUT2D eigenvalue weighted by atomic mass is 16.5. The van der Waals surface area contributed by atoms with Gasteiger partial charge in [-0.15, -0.1) is 0 Å². The molecule has 0 amide bonds. The van der Waals surface area contributed by atoms with Crippen LogP contribution in [0.25, 0.3) is 21.7 Å². The number of aryl methyl sites for hydroxylation is 1. The van der Waals surface area contributed by atoms with Gasteiger partial charge >= 0.3 is 5.97 Å². The number of phenols is 1. The second kappa shape index (κ2) is 7.38. The Morgan fingerprint density at radius 3 is 2.54 bits per heavy atom. The molecular weight excluding hydrogens is 330 g/mol. The second-order valence-electron chi connectivity index (χ2n) is 6.71. The van der Waals surface area contributed by atoms with E-state index in [0.717, 1.165) is 40.3 Å². The van der Waals surface area contributed by atoms with E-state index in [1.54, 1.807) is 6.07 Å². The molecule has 0 radical (unpaired) electrons. The summed E-state index contributed by atoms with van der Waals surface area (Å²) in [6.45, 7) is 7.33. The zero-order valence-electron chi connectivity index (χ0n) is 15.7. The minimum atomic E-state index is -0.389. The Hall–Kier alpha value is -2.53. The fraction of sp³-hybridized carbons (Fsp3) is 0.381. The maximum Gasteiger partial charge on any atom is 0.340 e. The summed E-state index contributed by atoms with van der Waals surface area (Å²) < 4.78 is 12.8. The number of hydrogen-bond donors (Lipinski definition) is 1. The van der Waals surface area contributed by atoms with Gasteiger partial charge in [-0.2, -0.15) is 0 Å². The summed E-state index contributed by atoms with van der Waals surface area (Å²) in [5, 5.41) is 12.9. The smallest absolute Gasteiger partial charge is 0.340 e. The Balaban J connectivity index is 2.20. The lowest BCUT2D eigenvalue weighted by atomic mass is 10.0. The van der Waals surface area contributed by atoms with Gasteiger partial charge in [0.1, 0.15) is 5.75 Å². The van der Waals surface area contributed by atoms with E-state index in [2.05, 4.69) is 4.57 Å². The van der Waals surface area contributed by atoms with Crippen molar-refractivity contribution in [3.05, 3.63) is 41.6 Å². The largest absolute Gasteiger partial charge is 0.507 e. The molecule has 1 heterocycles. The number of aromatic hydroxyl groups is 1. The molecule has 3 aromatic rings. The van der Waals surface area contributed by atoms with Crippen LogP contribution in [0.1, 0.15) is 36.3 Å². The Bertz CT molecular complexity index is 956. The number of esters is 1. The van der Waals surface area contributed by atoms with Crippen LogP contribution in [-0.4, -0.2) is 35.5 Å². The van der Waals surface area contributed by atoms with Crippen molar-refractivity contribution in [3.63, 3.8) is 0 Å². The summed E-state index contributed by atoms with van der Waals surface area (Å²) >= 11 is 0. The molecule has 138 valence electrons. The molecule has 0 saturated carbocycles. The molecule has 3 rings (SSSR count). The number of nitrogens with zero attached hydrogens (tertiary/aromatic N) is 1. The van der Waals surface area contributed by atoms with Crippen LogP contribution in [0.4, 0.5) is 0 Å². The van der Waals surface area contributed by atoms with Gasteiger partial charge < -0.3 is 19.1 Å². The standard InChI is InChI=1S/C21H25NO4/c1-13(2)26-11-7-10-22-14(3)19(21(24)25-4)17-12-18(23)15-8-5-6-9-16(15)20(17)22/h5-6,8-9,12-13,23H,7,10-11H2,1-4H3. The van der Waals surface area contributed by atoms with Gasteiger partial charge in [-0.05, 0) is 33.3 Å². The molecular formula is C21H25NO4. The molecule has 0 aliphatic rings. The van der Waals surface area contributed by atoms with E-state index in [1.807, 2.05) is 45.0 Å². The average molecular weight is 355 g/mol. The average Bonchev–Trinajstić information content (AvgIpc) is 2.90. The summed E-state index contributed by atoms with van der Waals surface area (Å²) in [5.41, 5.74) is 2.29. The number of carbonyl (C=O) groups excluding carboxylic acids is 1. The predicted molar refractivity (Wildman–Crippen MR) is 103 cm³/mol. The molecule has 1 aromatic heterocycles. The predicted octanol–water partition coefficient (Wildman–Crippen LogP) is 4.41. The summed E-state index contributed by atoms with van der Waals surface area (Å²) in [5.74, 6) is -0.224. The monoisotopic (exact) mass is 355 g/mol. The second-order valence-corrected chi connectivity index (χ2v) is 6.71. The van der Waals surface area contributed by atoms with Crippen LogP contribution >= 0.6 is 0 Å². The summed E-state index contributed by atoms with van der Waals surface area (Å²) in [4.78, 5) is 12.4. The number of carbonyl (C=O) groups is 1. The summed E-state index contributed by atoms with van der Waals surface area (Å²) in [6.07, 6.45) is 1.03. The lowest BCUT2D eigenvalue weighted by molar-refractivity contribution is 0.0602. The Kier molecular flexibility index (Phi) is 5.18. The number of aromatic nitrogens is 1. The third-order valence-corrected chi connectivity index (χ3v) is 4.67. The van der Waals surface area contributed by atoms with Crippen LogP contribution in [0.3, 0.4) is 0 Å². The first-order valence-corrected chi connectivity index (χ1v) is 8.89. The van der Waals surface area contributed by atoms with Crippen LogP contribution in [-0.2, 0) is 16.0 Å². The Labute approximate surface area is 153 Å². The zero-order valence-corrected chi connectivity index (χ0v) is 15.7. The number of methoxy groups -OCH3 is 1. The minimum absolute atomic E-state index is 0.165. The Morgan fingerprint density at radius 2 is 1.88 bits per heavy atom. The molecule has 2 aromatic carbocycles. The number of rotatable bonds is 6. The first-order chi connectivity index (χ1) is 12.5. The lowest BCUT2D eigenvalue weighted by Gasteiger charge is -2.12. The number of hydrogen-bond acceptors (Lipinski definition) is 4. The lowest BCUT2D eigenvalue weighted by Crippen LogP contribution is -2.09. The molecule has 0 aliphatic heterocycles. The molecule has 0 saturated heterocycles. The van der Waals surface area contributed by atoms with E-state index in [4.69, 9.17) is 9.47 Å². The van der Waals surface area contributed by atoms with Gasteiger partial charge in [0.25, 0.3) is 0 Å². The third-order valence-electron chi connectivity index (χ3n) is 4.67. The number of fused-ring (bicyclic) bond motifs is 3. The maximum atomic E-state index is 12.4. The molecule has 1 N–H and O–H groups in total. The third kappa shape index (κ3) is 3.15. The van der Waals surface area contributed by atoms with Crippen molar-refractivity contribution < 1.29 is 19.4 Å². The van der Waals surface area contributed by atoms with Gasteiger partial charge in [-0.25, -0.2) is 4.79 Å². The molecule has 26 heavy (non-hydrogen) atoms. The highest BCUT2D eigenvalue weighted by Crippen LogP contribution is 2.37. The van der Waals surface area contributed by atoms with E-state index in [0.29, 0.717) is 12.2 Å². The quantitative estimate of drug-likeness (QED) is 0.525. The molecule has 5 nitrogen and oxygen atoms in total. The molecule has 0 bridgehead atoms. The van der Waals surface area contributed by atoms with Crippen molar-refractivity contribution in [1.29, 1.82) is 0 Å². The topological polar surface area (TPSA) is 60.7 Å². The highest BCUT2D eigenvalue weighted by molar-refractivity contribution is 6.16. The minimum Gasteiger partial charge on any atom is -0.507 e. The van der Waals surface area contributed by atoms with Crippen molar-refractivity contribution in [2.45, 2.75) is 39.8 Å².